The summed E-state index contributed by atoms with van der Waals surface area (Å²) < 4.78 is 2.21. The normalized spacial score (nSPS) is 23.2. The predicted molar refractivity (Wildman–Crippen MR) is 79.6 cm³/mol. The lowest BCUT2D eigenvalue weighted by Gasteiger charge is -2.19. The first-order chi connectivity index (χ1) is 9.36. The summed E-state index contributed by atoms with van der Waals surface area (Å²) in [6, 6.07) is 2.88. The lowest BCUT2D eigenvalue weighted by atomic mass is 9.89. The van der Waals surface area contributed by atoms with Crippen LogP contribution in [0.5, 0.6) is 0 Å². The third-order valence-corrected chi connectivity index (χ3v) is 5.49. The summed E-state index contributed by atoms with van der Waals surface area (Å²) in [6.07, 6.45) is 14.2. The van der Waals surface area contributed by atoms with Crippen molar-refractivity contribution < 1.29 is 0 Å². The quantitative estimate of drug-likeness (QED) is 0.722. The monoisotopic (exact) mass is 280 g/mol. The van der Waals surface area contributed by atoms with Gasteiger partial charge in [-0.2, -0.15) is 5.10 Å². The lowest BCUT2D eigenvalue weighted by molar-refractivity contribution is 0.363. The number of alkyl halides is 1. The molecule has 1 aromatic rings. The van der Waals surface area contributed by atoms with Gasteiger partial charge in [-0.05, 0) is 37.2 Å². The highest BCUT2D eigenvalue weighted by Gasteiger charge is 2.25. The Balaban J connectivity index is 1.61. The Morgan fingerprint density at radius 2 is 1.84 bits per heavy atom. The van der Waals surface area contributed by atoms with Crippen molar-refractivity contribution in [1.82, 2.24) is 9.78 Å². The van der Waals surface area contributed by atoms with Crippen LogP contribution in [0.2, 0.25) is 0 Å². The third-order valence-electron chi connectivity index (χ3n) is 5.10. The molecule has 3 rings (SSSR count). The van der Waals surface area contributed by atoms with Crippen molar-refractivity contribution in [1.29, 1.82) is 0 Å². The van der Waals surface area contributed by atoms with Crippen LogP contribution in [-0.2, 0) is 6.42 Å². The second kappa shape index (κ2) is 6.30. The van der Waals surface area contributed by atoms with Crippen molar-refractivity contribution in [2.75, 3.05) is 5.88 Å². The minimum atomic E-state index is 0.635. The number of aromatic nitrogens is 2. The van der Waals surface area contributed by atoms with Crippen molar-refractivity contribution in [3.63, 3.8) is 0 Å². The molecule has 1 heterocycles. The SMILES string of the molecule is ClCC(Cc1ccn(C2CCCC2)n1)C1CCCC1. The van der Waals surface area contributed by atoms with E-state index in [4.69, 9.17) is 16.7 Å². The summed E-state index contributed by atoms with van der Waals surface area (Å²) >= 11 is 6.20. The number of rotatable bonds is 5. The summed E-state index contributed by atoms with van der Waals surface area (Å²) in [5.74, 6) is 2.27. The number of hydrogen-bond donors (Lipinski definition) is 0. The average Bonchev–Trinajstić information content (AvgIpc) is 3.15. The molecule has 2 saturated carbocycles. The van der Waals surface area contributed by atoms with E-state index in [0.29, 0.717) is 12.0 Å². The van der Waals surface area contributed by atoms with E-state index >= 15 is 0 Å². The molecule has 0 bridgehead atoms. The summed E-state index contributed by atoms with van der Waals surface area (Å²) in [5, 5.41) is 4.81. The molecule has 2 aliphatic rings. The van der Waals surface area contributed by atoms with E-state index in [0.717, 1.165) is 18.2 Å². The lowest BCUT2D eigenvalue weighted by Crippen LogP contribution is -2.17. The highest BCUT2D eigenvalue weighted by atomic mass is 35.5. The molecule has 0 aromatic carbocycles. The van der Waals surface area contributed by atoms with Gasteiger partial charge in [0.2, 0.25) is 0 Å². The van der Waals surface area contributed by atoms with E-state index in [1.54, 1.807) is 0 Å². The minimum absolute atomic E-state index is 0.635. The van der Waals surface area contributed by atoms with Crippen LogP contribution < -0.4 is 0 Å². The average molecular weight is 281 g/mol. The van der Waals surface area contributed by atoms with Gasteiger partial charge in [0.05, 0.1) is 11.7 Å². The van der Waals surface area contributed by atoms with Crippen molar-refractivity contribution in [3.8, 4) is 0 Å². The highest BCUT2D eigenvalue weighted by molar-refractivity contribution is 6.18. The molecule has 1 unspecified atom stereocenters. The molecule has 0 saturated heterocycles. The van der Waals surface area contributed by atoms with Gasteiger partial charge in [0, 0.05) is 12.1 Å². The molecule has 106 valence electrons. The van der Waals surface area contributed by atoms with Crippen LogP contribution in [0.1, 0.15) is 63.1 Å². The fourth-order valence-electron chi connectivity index (χ4n) is 3.90. The van der Waals surface area contributed by atoms with Gasteiger partial charge in [-0.15, -0.1) is 11.6 Å². The van der Waals surface area contributed by atoms with Crippen LogP contribution in [0.3, 0.4) is 0 Å². The zero-order valence-corrected chi connectivity index (χ0v) is 12.5. The van der Waals surface area contributed by atoms with Gasteiger partial charge < -0.3 is 0 Å². The van der Waals surface area contributed by atoms with Crippen LogP contribution in [0.4, 0.5) is 0 Å². The second-order valence-corrected chi connectivity index (χ2v) is 6.70. The van der Waals surface area contributed by atoms with Gasteiger partial charge in [0.25, 0.3) is 0 Å². The highest BCUT2D eigenvalue weighted by Crippen LogP contribution is 2.34. The Kier molecular flexibility index (Phi) is 4.47. The summed E-state index contributed by atoms with van der Waals surface area (Å²) in [4.78, 5) is 0. The smallest absolute Gasteiger partial charge is 0.0628 e. The van der Waals surface area contributed by atoms with Gasteiger partial charge in [0.15, 0.2) is 0 Å². The molecule has 1 atom stereocenters. The summed E-state index contributed by atoms with van der Waals surface area (Å²) in [7, 11) is 0. The van der Waals surface area contributed by atoms with E-state index < -0.39 is 0 Å². The zero-order chi connectivity index (χ0) is 13.1. The van der Waals surface area contributed by atoms with Crippen molar-refractivity contribution in [2.45, 2.75) is 63.8 Å². The van der Waals surface area contributed by atoms with Crippen LogP contribution >= 0.6 is 11.6 Å². The first-order valence-electron chi connectivity index (χ1n) is 7.97. The van der Waals surface area contributed by atoms with E-state index in [9.17, 15) is 0 Å². The molecule has 0 N–H and O–H groups in total. The van der Waals surface area contributed by atoms with Crippen LogP contribution in [0, 0.1) is 11.8 Å². The van der Waals surface area contributed by atoms with Gasteiger partial charge in [0.1, 0.15) is 0 Å². The molecule has 0 radical (unpaired) electrons. The van der Waals surface area contributed by atoms with Crippen molar-refractivity contribution >= 4 is 11.6 Å². The van der Waals surface area contributed by atoms with Crippen molar-refractivity contribution in [3.05, 3.63) is 18.0 Å². The molecular formula is C16H25ClN2. The standard InChI is InChI=1S/C16H25ClN2/c17-12-14(13-5-1-2-6-13)11-15-9-10-19(18-15)16-7-3-4-8-16/h9-10,13-14,16H,1-8,11-12H2. The Morgan fingerprint density at radius 1 is 1.16 bits per heavy atom. The molecule has 0 aliphatic heterocycles. The zero-order valence-electron chi connectivity index (χ0n) is 11.7. The number of nitrogens with zero attached hydrogens (tertiary/aromatic N) is 2. The first-order valence-corrected chi connectivity index (χ1v) is 8.50. The first kappa shape index (κ1) is 13.5. The third kappa shape index (κ3) is 3.16. The van der Waals surface area contributed by atoms with Crippen LogP contribution in [0.15, 0.2) is 12.3 Å². The fourth-order valence-corrected chi connectivity index (χ4v) is 4.26. The topological polar surface area (TPSA) is 17.8 Å². The minimum Gasteiger partial charge on any atom is -0.269 e. The van der Waals surface area contributed by atoms with E-state index in [2.05, 4.69) is 16.9 Å². The number of hydrogen-bond acceptors (Lipinski definition) is 1. The molecule has 0 amide bonds. The molecule has 2 nitrogen and oxygen atoms in total. The summed E-state index contributed by atoms with van der Waals surface area (Å²) in [5.41, 5.74) is 1.25. The predicted octanol–water partition coefficient (Wildman–Crippen LogP) is 4.59. The van der Waals surface area contributed by atoms with Crippen LogP contribution in [0.25, 0.3) is 0 Å². The van der Waals surface area contributed by atoms with Gasteiger partial charge in [-0.3, -0.25) is 4.68 Å². The van der Waals surface area contributed by atoms with Crippen molar-refractivity contribution in [2.24, 2.45) is 11.8 Å². The van der Waals surface area contributed by atoms with E-state index in [-0.39, 0.29) is 0 Å². The summed E-state index contributed by atoms with van der Waals surface area (Å²) in [6.45, 7) is 0. The Morgan fingerprint density at radius 3 is 2.53 bits per heavy atom. The molecular weight excluding hydrogens is 256 g/mol. The number of halogens is 1. The Hall–Kier alpha value is -0.500. The molecule has 2 fully saturated rings. The van der Waals surface area contributed by atoms with Gasteiger partial charge in [-0.1, -0.05) is 38.5 Å². The maximum atomic E-state index is 6.20. The van der Waals surface area contributed by atoms with Gasteiger partial charge in [-0.25, -0.2) is 0 Å². The maximum absolute atomic E-state index is 6.20. The molecule has 1 aromatic heterocycles. The Labute approximate surface area is 121 Å². The van der Waals surface area contributed by atoms with E-state index in [1.165, 1.54) is 57.1 Å². The maximum Gasteiger partial charge on any atom is 0.0628 e. The van der Waals surface area contributed by atoms with Crippen LogP contribution in [-0.4, -0.2) is 15.7 Å². The van der Waals surface area contributed by atoms with E-state index in [1.807, 2.05) is 0 Å². The largest absolute Gasteiger partial charge is 0.269 e. The Bertz CT molecular complexity index is 389. The molecule has 2 aliphatic carbocycles. The molecule has 19 heavy (non-hydrogen) atoms. The fraction of sp³-hybridized carbons (Fsp3) is 0.812. The second-order valence-electron chi connectivity index (χ2n) is 6.39. The molecule has 0 spiro atoms. The molecule has 3 heteroatoms. The van der Waals surface area contributed by atoms with Gasteiger partial charge >= 0.3 is 0 Å².